The lowest BCUT2D eigenvalue weighted by atomic mass is 10.2. The molecule has 0 bridgehead atoms. The molecule has 2 rings (SSSR count). The second kappa shape index (κ2) is 4.82. The second-order valence-electron chi connectivity index (χ2n) is 3.43. The molecule has 0 spiro atoms. The Morgan fingerprint density at radius 1 is 0.842 bits per heavy atom. The number of carboxylic acids is 3. The Labute approximate surface area is 114 Å². The van der Waals surface area contributed by atoms with Crippen molar-refractivity contribution in [2.24, 2.45) is 0 Å². The molecule has 2 aromatic heterocycles. The van der Waals surface area contributed by atoms with Gasteiger partial charge in [-0.3, -0.25) is 0 Å². The molecular weight excluding hydrogens is 292 g/mol. The van der Waals surface area contributed by atoms with Crippen LogP contribution in [0.15, 0.2) is 18.2 Å². The average Bonchev–Trinajstić information content (AvgIpc) is 2.95. The Bertz CT molecular complexity index is 681. The van der Waals surface area contributed by atoms with Crippen LogP contribution < -0.4 is 0 Å². The molecule has 0 saturated carbocycles. The van der Waals surface area contributed by atoms with Crippen LogP contribution in [-0.2, 0) is 0 Å². The van der Waals surface area contributed by atoms with Gasteiger partial charge in [-0.15, -0.1) is 22.7 Å². The van der Waals surface area contributed by atoms with E-state index in [4.69, 9.17) is 15.3 Å². The maximum Gasteiger partial charge on any atom is 0.345 e. The first-order valence-electron chi connectivity index (χ1n) is 4.84. The van der Waals surface area contributed by atoms with E-state index in [9.17, 15) is 14.4 Å². The Kier molecular flexibility index (Phi) is 3.36. The molecule has 0 radical (unpaired) electrons. The summed E-state index contributed by atoms with van der Waals surface area (Å²) < 4.78 is 0. The zero-order chi connectivity index (χ0) is 14.2. The fraction of sp³-hybridized carbons (Fsp3) is 0. The molecule has 0 aromatic carbocycles. The van der Waals surface area contributed by atoms with E-state index in [2.05, 4.69) is 0 Å². The van der Waals surface area contributed by atoms with Crippen LogP contribution in [0.1, 0.15) is 29.7 Å². The van der Waals surface area contributed by atoms with Crippen molar-refractivity contribution in [2.45, 2.75) is 0 Å². The lowest BCUT2D eigenvalue weighted by Crippen LogP contribution is -1.96. The first kappa shape index (κ1) is 13.2. The third kappa shape index (κ3) is 2.49. The Balaban J connectivity index is 2.56. The number of hydrogen-bond donors (Lipinski definition) is 3. The number of hydrogen-bond acceptors (Lipinski definition) is 5. The molecule has 19 heavy (non-hydrogen) atoms. The minimum Gasteiger partial charge on any atom is -0.478 e. The summed E-state index contributed by atoms with van der Waals surface area (Å²) in [6.45, 7) is 0. The third-order valence-electron chi connectivity index (χ3n) is 2.21. The average molecular weight is 298 g/mol. The van der Waals surface area contributed by atoms with Gasteiger partial charge >= 0.3 is 17.9 Å². The molecule has 2 heterocycles. The highest BCUT2D eigenvalue weighted by atomic mass is 32.1. The molecule has 0 aliphatic carbocycles. The second-order valence-corrected chi connectivity index (χ2v) is 5.57. The summed E-state index contributed by atoms with van der Waals surface area (Å²) in [4.78, 5) is 33.4. The Morgan fingerprint density at radius 2 is 1.47 bits per heavy atom. The fourth-order valence-electron chi connectivity index (χ4n) is 1.41. The first-order valence-corrected chi connectivity index (χ1v) is 6.47. The van der Waals surface area contributed by atoms with Gasteiger partial charge in [-0.05, 0) is 18.2 Å². The number of carbonyl (C=O) groups is 3. The van der Waals surface area contributed by atoms with Gasteiger partial charge in [0.2, 0.25) is 0 Å². The van der Waals surface area contributed by atoms with Gasteiger partial charge in [0.15, 0.2) is 0 Å². The standard InChI is InChI=1S/C11H6O6S2/c12-9(13)4-3-7(11(16)17)19-8(4)5-1-2-6(18-5)10(14)15/h1-3H,(H,12,13)(H,14,15)(H,16,17). The van der Waals surface area contributed by atoms with Crippen molar-refractivity contribution in [1.82, 2.24) is 0 Å². The number of thiophene rings is 2. The quantitative estimate of drug-likeness (QED) is 0.799. The third-order valence-corrected chi connectivity index (χ3v) is 4.59. The summed E-state index contributed by atoms with van der Waals surface area (Å²) in [5.74, 6) is -3.57. The van der Waals surface area contributed by atoms with Crippen LogP contribution in [0.4, 0.5) is 0 Å². The van der Waals surface area contributed by atoms with Crippen LogP contribution in [0.5, 0.6) is 0 Å². The van der Waals surface area contributed by atoms with Gasteiger partial charge in [-0.25, -0.2) is 14.4 Å². The van der Waals surface area contributed by atoms with Crippen molar-refractivity contribution < 1.29 is 29.7 Å². The van der Waals surface area contributed by atoms with Gasteiger partial charge < -0.3 is 15.3 Å². The van der Waals surface area contributed by atoms with Gasteiger partial charge in [-0.2, -0.15) is 0 Å². The number of aromatic carboxylic acids is 3. The number of rotatable bonds is 4. The van der Waals surface area contributed by atoms with E-state index in [0.29, 0.717) is 4.88 Å². The number of carboxylic acid groups (broad SMARTS) is 3. The van der Waals surface area contributed by atoms with Gasteiger partial charge in [0.25, 0.3) is 0 Å². The predicted molar refractivity (Wildman–Crippen MR) is 68.5 cm³/mol. The molecular formula is C11H6O6S2. The van der Waals surface area contributed by atoms with E-state index in [0.717, 1.165) is 28.7 Å². The lowest BCUT2D eigenvalue weighted by molar-refractivity contribution is 0.0687. The molecule has 0 aliphatic rings. The topological polar surface area (TPSA) is 112 Å². The molecule has 0 aliphatic heterocycles. The van der Waals surface area contributed by atoms with E-state index in [1.165, 1.54) is 12.1 Å². The molecule has 0 saturated heterocycles. The Morgan fingerprint density at radius 3 is 1.95 bits per heavy atom. The van der Waals surface area contributed by atoms with Gasteiger partial charge in [0.1, 0.15) is 9.75 Å². The van der Waals surface area contributed by atoms with E-state index in [1.54, 1.807) is 0 Å². The van der Waals surface area contributed by atoms with Crippen molar-refractivity contribution in [2.75, 3.05) is 0 Å². The molecule has 0 fully saturated rings. The largest absolute Gasteiger partial charge is 0.478 e. The monoisotopic (exact) mass is 298 g/mol. The summed E-state index contributed by atoms with van der Waals surface area (Å²) in [6.07, 6.45) is 0. The molecule has 6 nitrogen and oxygen atoms in total. The summed E-state index contributed by atoms with van der Waals surface area (Å²) in [6, 6.07) is 3.90. The lowest BCUT2D eigenvalue weighted by Gasteiger charge is -1.94. The molecule has 0 atom stereocenters. The zero-order valence-electron chi connectivity index (χ0n) is 9.11. The van der Waals surface area contributed by atoms with Crippen molar-refractivity contribution >= 4 is 40.6 Å². The normalized spacial score (nSPS) is 10.3. The van der Waals surface area contributed by atoms with E-state index in [1.807, 2.05) is 0 Å². The molecule has 8 heteroatoms. The molecule has 3 N–H and O–H groups in total. The van der Waals surface area contributed by atoms with Crippen LogP contribution in [0.25, 0.3) is 9.75 Å². The Hall–Kier alpha value is -2.19. The SMILES string of the molecule is O=C(O)c1ccc(-c2sc(C(=O)O)cc2C(=O)O)s1. The van der Waals surface area contributed by atoms with Gasteiger partial charge in [0.05, 0.1) is 10.4 Å². The summed E-state index contributed by atoms with van der Waals surface area (Å²) >= 11 is 1.72. The predicted octanol–water partition coefficient (Wildman–Crippen LogP) is 2.57. The molecule has 0 unspecified atom stereocenters. The van der Waals surface area contributed by atoms with Crippen LogP contribution in [0, 0.1) is 0 Å². The molecule has 2 aromatic rings. The molecule has 0 amide bonds. The van der Waals surface area contributed by atoms with E-state index >= 15 is 0 Å². The first-order chi connectivity index (χ1) is 8.90. The summed E-state index contributed by atoms with van der Waals surface area (Å²) in [5.41, 5.74) is -0.138. The van der Waals surface area contributed by atoms with E-state index < -0.39 is 17.9 Å². The summed E-state index contributed by atoms with van der Waals surface area (Å²) in [7, 11) is 0. The van der Waals surface area contributed by atoms with Crippen molar-refractivity contribution in [3.05, 3.63) is 33.5 Å². The highest BCUT2D eigenvalue weighted by Gasteiger charge is 2.21. The maximum absolute atomic E-state index is 11.1. The highest BCUT2D eigenvalue weighted by Crippen LogP contribution is 2.37. The zero-order valence-corrected chi connectivity index (χ0v) is 10.7. The van der Waals surface area contributed by atoms with Crippen molar-refractivity contribution in [1.29, 1.82) is 0 Å². The summed E-state index contributed by atoms with van der Waals surface area (Å²) in [5, 5.41) is 26.7. The van der Waals surface area contributed by atoms with Crippen LogP contribution in [0.2, 0.25) is 0 Å². The molecule has 98 valence electrons. The highest BCUT2D eigenvalue weighted by molar-refractivity contribution is 7.24. The van der Waals surface area contributed by atoms with Gasteiger partial charge in [0, 0.05) is 4.88 Å². The van der Waals surface area contributed by atoms with Crippen molar-refractivity contribution in [3.8, 4) is 9.75 Å². The maximum atomic E-state index is 11.1. The minimum atomic E-state index is -1.25. The minimum absolute atomic E-state index is 0.0663. The van der Waals surface area contributed by atoms with E-state index in [-0.39, 0.29) is 20.2 Å². The van der Waals surface area contributed by atoms with Crippen LogP contribution in [-0.4, -0.2) is 33.2 Å². The van der Waals surface area contributed by atoms with Gasteiger partial charge in [-0.1, -0.05) is 0 Å². The van der Waals surface area contributed by atoms with Crippen molar-refractivity contribution in [3.63, 3.8) is 0 Å². The van der Waals surface area contributed by atoms with Crippen LogP contribution >= 0.6 is 22.7 Å². The fourth-order valence-corrected chi connectivity index (χ4v) is 3.37. The van der Waals surface area contributed by atoms with Crippen LogP contribution in [0.3, 0.4) is 0 Å². The smallest absolute Gasteiger partial charge is 0.345 e.